The van der Waals surface area contributed by atoms with E-state index >= 15 is 0 Å². The highest BCUT2D eigenvalue weighted by molar-refractivity contribution is 7.80. The summed E-state index contributed by atoms with van der Waals surface area (Å²) in [5, 5.41) is 6.83. The first-order valence-electron chi connectivity index (χ1n) is 9.15. The van der Waals surface area contributed by atoms with Gasteiger partial charge in [0.2, 0.25) is 0 Å². The van der Waals surface area contributed by atoms with E-state index in [9.17, 15) is 4.79 Å². The third-order valence-corrected chi connectivity index (χ3v) is 4.95. The Kier molecular flexibility index (Phi) is 5.10. The number of benzene rings is 2. The second-order valence-electron chi connectivity index (χ2n) is 6.75. The number of anilines is 1. The molecule has 1 amide bonds. The fourth-order valence-electron chi connectivity index (χ4n) is 3.04. The number of hydrogen-bond acceptors (Lipinski definition) is 4. The minimum absolute atomic E-state index is 0.190. The molecule has 0 spiro atoms. The van der Waals surface area contributed by atoms with Crippen molar-refractivity contribution in [3.63, 3.8) is 0 Å². The van der Waals surface area contributed by atoms with Crippen LogP contribution >= 0.6 is 12.2 Å². The van der Waals surface area contributed by atoms with E-state index in [0.717, 1.165) is 22.2 Å². The summed E-state index contributed by atoms with van der Waals surface area (Å²) < 4.78 is 5.74. The van der Waals surface area contributed by atoms with Gasteiger partial charge in [0, 0.05) is 22.8 Å². The summed E-state index contributed by atoms with van der Waals surface area (Å²) in [7, 11) is 0. The number of aromatic nitrogens is 1. The molecule has 0 unspecified atom stereocenters. The molecule has 0 radical (unpaired) electrons. The lowest BCUT2D eigenvalue weighted by atomic mass is 10.1. The molecule has 4 aromatic rings. The van der Waals surface area contributed by atoms with Crippen molar-refractivity contribution >= 4 is 39.8 Å². The second-order valence-corrected chi connectivity index (χ2v) is 7.16. The van der Waals surface area contributed by atoms with Crippen molar-refractivity contribution in [2.24, 2.45) is 0 Å². The van der Waals surface area contributed by atoms with Gasteiger partial charge in [-0.1, -0.05) is 18.2 Å². The average Bonchev–Trinajstić information content (AvgIpc) is 3.21. The second kappa shape index (κ2) is 7.85. The maximum absolute atomic E-state index is 12.5. The molecule has 0 bridgehead atoms. The normalized spacial score (nSPS) is 10.7. The Hall–Kier alpha value is -3.51. The topological polar surface area (TPSA) is 67.2 Å². The van der Waals surface area contributed by atoms with Gasteiger partial charge < -0.3 is 9.73 Å². The number of carbonyl (C=O) groups excluding carboxylic acids is 1. The first kappa shape index (κ1) is 18.8. The van der Waals surface area contributed by atoms with Crippen molar-refractivity contribution < 1.29 is 9.21 Å². The van der Waals surface area contributed by atoms with E-state index in [1.165, 1.54) is 11.1 Å². The van der Waals surface area contributed by atoms with Gasteiger partial charge in [0.15, 0.2) is 10.9 Å². The molecule has 2 aromatic heterocycles. The number of fused-ring (bicyclic) bond motifs is 1. The number of amides is 1. The zero-order valence-corrected chi connectivity index (χ0v) is 16.8. The van der Waals surface area contributed by atoms with Crippen LogP contribution in [0, 0.1) is 13.8 Å². The summed E-state index contributed by atoms with van der Waals surface area (Å²) in [4.78, 5) is 16.8. The lowest BCUT2D eigenvalue weighted by Gasteiger charge is -2.10. The van der Waals surface area contributed by atoms with Crippen LogP contribution in [-0.2, 0) is 0 Å². The fourth-order valence-corrected chi connectivity index (χ4v) is 3.24. The molecule has 0 saturated heterocycles. The fraction of sp³-hybridized carbons (Fsp3) is 0.0870. The summed E-state index contributed by atoms with van der Waals surface area (Å²) in [5.41, 5.74) is 4.92. The molecule has 144 valence electrons. The number of aryl methyl sites for hydroxylation is 2. The van der Waals surface area contributed by atoms with Gasteiger partial charge in [-0.15, -0.1) is 0 Å². The maximum Gasteiger partial charge on any atom is 0.293 e. The number of nitrogens with zero attached hydrogens (tertiary/aromatic N) is 1. The molecule has 2 N–H and O–H groups in total. The highest BCUT2D eigenvalue weighted by Crippen LogP contribution is 2.25. The largest absolute Gasteiger partial charge is 0.451 e. The molecule has 29 heavy (non-hydrogen) atoms. The molecule has 0 atom stereocenters. The summed E-state index contributed by atoms with van der Waals surface area (Å²) in [6, 6.07) is 18.9. The number of thiocarbonyl (C=S) groups is 1. The van der Waals surface area contributed by atoms with Crippen molar-refractivity contribution in [3.8, 4) is 11.3 Å². The molecule has 2 aromatic carbocycles. The Morgan fingerprint density at radius 3 is 2.69 bits per heavy atom. The van der Waals surface area contributed by atoms with Crippen molar-refractivity contribution in [2.75, 3.05) is 5.32 Å². The quantitative estimate of drug-likeness (QED) is 0.460. The third kappa shape index (κ3) is 4.02. The van der Waals surface area contributed by atoms with Gasteiger partial charge in [-0.25, -0.2) is 0 Å². The van der Waals surface area contributed by atoms with Gasteiger partial charge in [0.25, 0.3) is 5.91 Å². The molecular formula is C23H19N3O2S. The summed E-state index contributed by atoms with van der Waals surface area (Å²) in [6.45, 7) is 4.10. The van der Waals surface area contributed by atoms with E-state index in [2.05, 4.69) is 22.5 Å². The number of rotatable bonds is 3. The zero-order chi connectivity index (χ0) is 20.4. The van der Waals surface area contributed by atoms with Gasteiger partial charge in [-0.2, -0.15) is 0 Å². The lowest BCUT2D eigenvalue weighted by Crippen LogP contribution is -2.33. The molecule has 0 fully saturated rings. The van der Waals surface area contributed by atoms with Crippen LogP contribution in [0.1, 0.15) is 21.7 Å². The standard InChI is InChI=1S/C23H19N3O2S/c1-14-8-9-16(13-15(14)2)20-10-11-21(28-20)22(27)26-23(29)25-19-7-3-6-18-17(19)5-4-12-24-18/h3-13H,1-2H3,(H2,25,26,27,29). The monoisotopic (exact) mass is 401 g/mol. The summed E-state index contributed by atoms with van der Waals surface area (Å²) >= 11 is 5.30. The minimum Gasteiger partial charge on any atom is -0.451 e. The molecule has 0 aliphatic heterocycles. The Bertz CT molecular complexity index is 1220. The molecule has 0 aliphatic rings. The van der Waals surface area contributed by atoms with Crippen LogP contribution in [-0.4, -0.2) is 16.0 Å². The molecule has 0 aliphatic carbocycles. The molecule has 0 saturated carbocycles. The SMILES string of the molecule is Cc1ccc(-c2ccc(C(=O)NC(=S)Nc3cccc4ncccc34)o2)cc1C. The predicted octanol–water partition coefficient (Wildman–Crippen LogP) is 5.24. The zero-order valence-electron chi connectivity index (χ0n) is 16.0. The number of hydrogen-bond donors (Lipinski definition) is 2. The smallest absolute Gasteiger partial charge is 0.293 e. The molecule has 4 rings (SSSR count). The van der Waals surface area contributed by atoms with Gasteiger partial charge in [-0.3, -0.25) is 15.1 Å². The Morgan fingerprint density at radius 2 is 1.86 bits per heavy atom. The first-order chi connectivity index (χ1) is 14.0. The van der Waals surface area contributed by atoms with Crippen LogP contribution in [0.4, 0.5) is 5.69 Å². The lowest BCUT2D eigenvalue weighted by molar-refractivity contribution is 0.0951. The number of pyridine rings is 1. The van der Waals surface area contributed by atoms with Crippen LogP contribution in [0.15, 0.2) is 71.3 Å². The number of furan rings is 1. The van der Waals surface area contributed by atoms with E-state index in [-0.39, 0.29) is 10.9 Å². The Morgan fingerprint density at radius 1 is 1.00 bits per heavy atom. The summed E-state index contributed by atoms with van der Waals surface area (Å²) in [6.07, 6.45) is 1.73. The highest BCUT2D eigenvalue weighted by atomic mass is 32.1. The van der Waals surface area contributed by atoms with Gasteiger partial charge >= 0.3 is 0 Å². The highest BCUT2D eigenvalue weighted by Gasteiger charge is 2.14. The number of nitrogens with one attached hydrogen (secondary N) is 2. The molecular weight excluding hydrogens is 382 g/mol. The van der Waals surface area contributed by atoms with Crippen LogP contribution < -0.4 is 10.6 Å². The van der Waals surface area contributed by atoms with E-state index in [4.69, 9.17) is 16.6 Å². The molecule has 6 heteroatoms. The van der Waals surface area contributed by atoms with Gasteiger partial charge in [0.1, 0.15) is 5.76 Å². The Balaban J connectivity index is 1.47. The van der Waals surface area contributed by atoms with E-state index < -0.39 is 5.91 Å². The van der Waals surface area contributed by atoms with Crippen molar-refractivity contribution in [1.82, 2.24) is 10.3 Å². The maximum atomic E-state index is 12.5. The average molecular weight is 401 g/mol. The summed E-state index contributed by atoms with van der Waals surface area (Å²) in [5.74, 6) is 0.426. The van der Waals surface area contributed by atoms with Crippen LogP contribution in [0.3, 0.4) is 0 Å². The van der Waals surface area contributed by atoms with E-state index in [0.29, 0.717) is 5.76 Å². The molecule has 5 nitrogen and oxygen atoms in total. The third-order valence-electron chi connectivity index (χ3n) is 4.74. The van der Waals surface area contributed by atoms with E-state index in [1.807, 2.05) is 55.5 Å². The van der Waals surface area contributed by atoms with E-state index in [1.54, 1.807) is 18.3 Å². The predicted molar refractivity (Wildman–Crippen MR) is 119 cm³/mol. The minimum atomic E-state index is -0.407. The first-order valence-corrected chi connectivity index (χ1v) is 9.55. The van der Waals surface area contributed by atoms with Crippen molar-refractivity contribution in [2.45, 2.75) is 13.8 Å². The van der Waals surface area contributed by atoms with Gasteiger partial charge in [-0.05, 0) is 79.7 Å². The molecule has 2 heterocycles. The van der Waals surface area contributed by atoms with Crippen molar-refractivity contribution in [3.05, 3.63) is 83.7 Å². The van der Waals surface area contributed by atoms with Crippen LogP contribution in [0.25, 0.3) is 22.2 Å². The van der Waals surface area contributed by atoms with Crippen molar-refractivity contribution in [1.29, 1.82) is 0 Å². The number of carbonyl (C=O) groups is 1. The van der Waals surface area contributed by atoms with Gasteiger partial charge in [0.05, 0.1) is 5.52 Å². The van der Waals surface area contributed by atoms with Crippen LogP contribution in [0.2, 0.25) is 0 Å². The Labute approximate surface area is 173 Å². The van der Waals surface area contributed by atoms with Crippen LogP contribution in [0.5, 0.6) is 0 Å².